The van der Waals surface area contributed by atoms with Gasteiger partial charge in [-0.25, -0.2) is 14.5 Å². The van der Waals surface area contributed by atoms with Gasteiger partial charge in [0.15, 0.2) is 5.75 Å². The molecule has 3 heterocycles. The van der Waals surface area contributed by atoms with Crippen molar-refractivity contribution < 1.29 is 55.1 Å². The number of imide groups is 1. The Kier molecular flexibility index (Phi) is 9.50. The van der Waals surface area contributed by atoms with Gasteiger partial charge in [0.25, 0.3) is 11.8 Å². The van der Waals surface area contributed by atoms with Crippen molar-refractivity contribution in [3.8, 4) is 5.75 Å². The lowest BCUT2D eigenvalue weighted by Gasteiger charge is -2.27. The number of halogens is 6. The molecule has 18 heteroatoms. The zero-order valence-corrected chi connectivity index (χ0v) is 23.9. The number of anilines is 2. The van der Waals surface area contributed by atoms with E-state index >= 15 is 0 Å². The Morgan fingerprint density at radius 1 is 0.913 bits per heavy atom. The number of alkyl halides is 6. The quantitative estimate of drug-likeness (QED) is 0.204. The molecular weight excluding hydrogens is 630 g/mol. The van der Waals surface area contributed by atoms with Crippen molar-refractivity contribution in [1.82, 2.24) is 20.2 Å². The van der Waals surface area contributed by atoms with Crippen molar-refractivity contribution in [2.45, 2.75) is 45.0 Å². The summed E-state index contributed by atoms with van der Waals surface area (Å²) in [5, 5.41) is 2.52. The lowest BCUT2D eigenvalue weighted by atomic mass is 10.0. The predicted molar refractivity (Wildman–Crippen MR) is 145 cm³/mol. The zero-order valence-electron chi connectivity index (χ0n) is 23.9. The monoisotopic (exact) mass is 654 g/mol. The Morgan fingerprint density at radius 2 is 1.50 bits per heavy atom. The van der Waals surface area contributed by atoms with Crippen molar-refractivity contribution in [1.29, 1.82) is 0 Å². The number of carbonyl (C=O) groups excluding carboxylic acids is 4. The molecule has 1 saturated heterocycles. The van der Waals surface area contributed by atoms with Crippen molar-refractivity contribution in [3.05, 3.63) is 78.4 Å². The van der Waals surface area contributed by atoms with Crippen LogP contribution in [0, 0.1) is 0 Å². The highest BCUT2D eigenvalue weighted by Gasteiger charge is 2.53. The number of carbonyl (C=O) groups is 4. The summed E-state index contributed by atoms with van der Waals surface area (Å²) < 4.78 is 83.7. The maximum Gasteiger partial charge on any atom is 0.573 e. The largest absolute Gasteiger partial charge is 0.573 e. The summed E-state index contributed by atoms with van der Waals surface area (Å²) in [6.45, 7) is 1.79. The van der Waals surface area contributed by atoms with Crippen LogP contribution in [0.4, 0.5) is 42.5 Å². The average molecular weight is 655 g/mol. The maximum absolute atomic E-state index is 13.6. The van der Waals surface area contributed by atoms with Gasteiger partial charge in [-0.1, -0.05) is 0 Å². The molecular formula is C28H24F6N6O6. The third-order valence-corrected chi connectivity index (χ3v) is 6.54. The van der Waals surface area contributed by atoms with E-state index in [1.165, 1.54) is 50.8 Å². The molecule has 1 aliphatic heterocycles. The molecule has 1 aromatic carbocycles. The van der Waals surface area contributed by atoms with Gasteiger partial charge in [-0.3, -0.25) is 19.6 Å². The highest BCUT2D eigenvalue weighted by Crippen LogP contribution is 2.42. The van der Waals surface area contributed by atoms with Crippen LogP contribution in [0.25, 0.3) is 0 Å². The van der Waals surface area contributed by atoms with Gasteiger partial charge in [-0.15, -0.1) is 18.2 Å². The van der Waals surface area contributed by atoms with Crippen molar-refractivity contribution in [3.63, 3.8) is 0 Å². The molecule has 0 unspecified atom stereocenters. The Hall–Kier alpha value is -5.26. The van der Waals surface area contributed by atoms with Crippen LogP contribution in [0.5, 0.6) is 5.75 Å². The SMILES string of the molecule is CC1(C)C(=O)N(c2cc(N(OC(=O)C(F)(F)F)C(=O)CNCc3ccncc3)ccc2OC(F)(F)F)C(=O)N1Cc1ccncc1. The number of nitrogens with zero attached hydrogens (tertiary/aromatic N) is 5. The highest BCUT2D eigenvalue weighted by atomic mass is 19.4. The third kappa shape index (κ3) is 7.68. The molecule has 244 valence electrons. The lowest BCUT2D eigenvalue weighted by Crippen LogP contribution is -2.43. The molecule has 1 N–H and O–H groups in total. The number of benzene rings is 1. The summed E-state index contributed by atoms with van der Waals surface area (Å²) >= 11 is 0. The van der Waals surface area contributed by atoms with Crippen molar-refractivity contribution in [2.75, 3.05) is 16.5 Å². The number of urea groups is 1. The van der Waals surface area contributed by atoms with Crippen LogP contribution < -0.4 is 20.0 Å². The molecule has 0 atom stereocenters. The first-order valence-corrected chi connectivity index (χ1v) is 13.2. The van der Waals surface area contributed by atoms with Crippen LogP contribution in [-0.4, -0.2) is 63.3 Å². The number of hydroxylamine groups is 1. The molecule has 0 aliphatic carbocycles. The molecule has 0 radical (unpaired) electrons. The molecule has 0 spiro atoms. The Morgan fingerprint density at radius 3 is 2.07 bits per heavy atom. The standard InChI is InChI=1S/C28H24F6N6O6/c1-26(2)23(42)39(25(44)38(26)16-18-7-11-36-12-8-18)20-13-19(3-4-21(20)45-28(32,33)34)40(46-24(43)27(29,30)31)22(41)15-37-14-17-5-9-35-10-6-17/h3-13,37H,14-16H2,1-2H3. The van der Waals surface area contributed by atoms with E-state index in [2.05, 4.69) is 24.9 Å². The van der Waals surface area contributed by atoms with Gasteiger partial charge in [-0.2, -0.15) is 13.2 Å². The fourth-order valence-corrected chi connectivity index (χ4v) is 4.27. The van der Waals surface area contributed by atoms with E-state index < -0.39 is 65.6 Å². The normalized spacial score (nSPS) is 14.8. The van der Waals surface area contributed by atoms with Gasteiger partial charge in [0, 0.05) is 37.9 Å². The summed E-state index contributed by atoms with van der Waals surface area (Å²) in [6.07, 6.45) is -5.19. The highest BCUT2D eigenvalue weighted by molar-refractivity contribution is 6.23. The van der Waals surface area contributed by atoms with Gasteiger partial charge in [0.2, 0.25) is 0 Å². The topological polar surface area (TPSA) is 134 Å². The molecule has 1 aliphatic rings. The Balaban J connectivity index is 1.74. The number of ether oxygens (including phenoxy) is 1. The van der Waals surface area contributed by atoms with E-state index in [9.17, 15) is 45.5 Å². The van der Waals surface area contributed by atoms with Crippen LogP contribution in [0.2, 0.25) is 0 Å². The molecule has 46 heavy (non-hydrogen) atoms. The number of amides is 4. The molecule has 1 fully saturated rings. The Bertz CT molecular complexity index is 1600. The first kappa shape index (κ1) is 33.6. The number of hydrogen-bond acceptors (Lipinski definition) is 9. The van der Waals surface area contributed by atoms with E-state index in [1.54, 1.807) is 12.1 Å². The second-order valence-corrected chi connectivity index (χ2v) is 10.1. The maximum atomic E-state index is 13.6. The van der Waals surface area contributed by atoms with E-state index in [-0.39, 0.29) is 18.2 Å². The first-order valence-electron chi connectivity index (χ1n) is 13.2. The van der Waals surface area contributed by atoms with Crippen molar-refractivity contribution in [2.24, 2.45) is 0 Å². The molecule has 12 nitrogen and oxygen atoms in total. The van der Waals surface area contributed by atoms with E-state index in [0.29, 0.717) is 34.2 Å². The van der Waals surface area contributed by atoms with Gasteiger partial charge >= 0.3 is 24.5 Å². The summed E-state index contributed by atoms with van der Waals surface area (Å²) in [6, 6.07) is 6.95. The average Bonchev–Trinajstić information content (AvgIpc) is 3.14. The van der Waals surface area contributed by atoms with Gasteiger partial charge in [0.1, 0.15) is 5.54 Å². The Labute approximate surface area is 256 Å². The summed E-state index contributed by atoms with van der Waals surface area (Å²) in [4.78, 5) is 65.4. The molecule has 0 saturated carbocycles. The van der Waals surface area contributed by atoms with E-state index in [1.807, 2.05) is 0 Å². The molecule has 3 aromatic rings. The van der Waals surface area contributed by atoms with Crippen LogP contribution in [0.15, 0.2) is 67.3 Å². The summed E-state index contributed by atoms with van der Waals surface area (Å²) in [5.74, 6) is -6.25. The smallest absolute Gasteiger partial charge is 0.404 e. The van der Waals surface area contributed by atoms with E-state index in [0.717, 1.165) is 4.90 Å². The summed E-state index contributed by atoms with van der Waals surface area (Å²) in [7, 11) is 0. The first-order chi connectivity index (χ1) is 21.5. The second-order valence-electron chi connectivity index (χ2n) is 10.1. The molecule has 4 amide bonds. The van der Waals surface area contributed by atoms with Crippen LogP contribution in [0.1, 0.15) is 25.0 Å². The third-order valence-electron chi connectivity index (χ3n) is 6.54. The van der Waals surface area contributed by atoms with Crippen molar-refractivity contribution >= 4 is 35.2 Å². The van der Waals surface area contributed by atoms with E-state index in [4.69, 9.17) is 0 Å². The number of aromatic nitrogens is 2. The predicted octanol–water partition coefficient (Wildman–Crippen LogP) is 4.27. The summed E-state index contributed by atoms with van der Waals surface area (Å²) in [5.41, 5.74) is -2.12. The molecule has 0 bridgehead atoms. The minimum atomic E-state index is -5.58. The second kappa shape index (κ2) is 13.0. The fraction of sp³-hybridized carbons (Fsp3) is 0.286. The molecule has 2 aromatic heterocycles. The van der Waals surface area contributed by atoms with Gasteiger partial charge in [-0.05, 0) is 67.4 Å². The number of pyridine rings is 2. The number of rotatable bonds is 9. The number of nitrogens with one attached hydrogen (secondary N) is 1. The van der Waals surface area contributed by atoms with Gasteiger partial charge < -0.3 is 19.8 Å². The lowest BCUT2D eigenvalue weighted by molar-refractivity contribution is -0.274. The minimum absolute atomic E-state index is 0.0259. The van der Waals surface area contributed by atoms with Gasteiger partial charge in [0.05, 0.1) is 17.9 Å². The zero-order chi connectivity index (χ0) is 33.9. The fourth-order valence-electron chi connectivity index (χ4n) is 4.27. The van der Waals surface area contributed by atoms with Crippen LogP contribution in [0.3, 0.4) is 0 Å². The van der Waals surface area contributed by atoms with Crippen LogP contribution >= 0.6 is 0 Å². The molecule has 4 rings (SSSR count). The minimum Gasteiger partial charge on any atom is -0.404 e. The number of hydrogen-bond donors (Lipinski definition) is 1. The van der Waals surface area contributed by atoms with Crippen LogP contribution in [-0.2, 0) is 32.3 Å².